The molecule has 0 fully saturated rings. The molecule has 7 nitrogen and oxygen atoms in total. The van der Waals surface area contributed by atoms with Gasteiger partial charge in [0.15, 0.2) is 0 Å². The molecule has 0 saturated heterocycles. The zero-order valence-electron chi connectivity index (χ0n) is 19.5. The first-order valence-electron chi connectivity index (χ1n) is 11.3. The average Bonchev–Trinajstić information content (AvgIpc) is 3.25. The quantitative estimate of drug-likeness (QED) is 0.244. The van der Waals surface area contributed by atoms with Crippen molar-refractivity contribution in [2.75, 3.05) is 20.3 Å². The smallest absolute Gasteiger partial charge is 0.310 e. The number of hydrogen-bond acceptors (Lipinski definition) is 7. The number of nitrogens with zero attached hydrogens (tertiary/aromatic N) is 1. The van der Waals surface area contributed by atoms with Crippen molar-refractivity contribution in [2.45, 2.75) is 26.0 Å². The number of benzene rings is 2. The van der Waals surface area contributed by atoms with Crippen LogP contribution in [0, 0.1) is 6.01 Å². The molecule has 35 heavy (non-hydrogen) atoms. The number of aromatic nitrogens is 1. The van der Waals surface area contributed by atoms with Crippen LogP contribution < -0.4 is 10.5 Å². The van der Waals surface area contributed by atoms with Crippen LogP contribution in [0.15, 0.2) is 65.2 Å². The summed E-state index contributed by atoms with van der Waals surface area (Å²) in [6, 6.07) is 15.4. The van der Waals surface area contributed by atoms with Crippen LogP contribution >= 0.6 is 0 Å². The fraction of sp³-hybridized carbons (Fsp3) is 0.259. The Morgan fingerprint density at radius 3 is 2.80 bits per heavy atom. The van der Waals surface area contributed by atoms with Crippen LogP contribution in [0.3, 0.4) is 0 Å². The Kier molecular flexibility index (Phi) is 8.07. The van der Waals surface area contributed by atoms with Crippen LogP contribution in [-0.2, 0) is 33.8 Å². The van der Waals surface area contributed by atoms with Crippen molar-refractivity contribution < 1.29 is 27.8 Å². The summed E-state index contributed by atoms with van der Waals surface area (Å²) in [7, 11) is 1.60. The highest BCUT2D eigenvalue weighted by molar-refractivity contribution is 5.93. The predicted molar refractivity (Wildman–Crippen MR) is 129 cm³/mol. The van der Waals surface area contributed by atoms with Gasteiger partial charge in [-0.15, -0.1) is 0 Å². The second kappa shape index (κ2) is 11.6. The van der Waals surface area contributed by atoms with Crippen molar-refractivity contribution in [3.8, 4) is 16.9 Å². The van der Waals surface area contributed by atoms with Gasteiger partial charge in [0.2, 0.25) is 0 Å². The van der Waals surface area contributed by atoms with Gasteiger partial charge in [0, 0.05) is 55.5 Å². The number of carbonyl (C=O) groups excluding carboxylic acids is 1. The lowest BCUT2D eigenvalue weighted by atomic mass is 10.0. The summed E-state index contributed by atoms with van der Waals surface area (Å²) in [6.45, 7) is 1.34. The maximum atomic E-state index is 14.0. The maximum absolute atomic E-state index is 14.0. The summed E-state index contributed by atoms with van der Waals surface area (Å²) < 4.78 is 35.6. The molecule has 2 heterocycles. The van der Waals surface area contributed by atoms with E-state index in [0.29, 0.717) is 42.0 Å². The lowest BCUT2D eigenvalue weighted by Crippen LogP contribution is -2.11. The van der Waals surface area contributed by atoms with E-state index in [9.17, 15) is 9.18 Å². The summed E-state index contributed by atoms with van der Waals surface area (Å²) in [5.74, 6) is 0.249. The van der Waals surface area contributed by atoms with Crippen molar-refractivity contribution in [3.63, 3.8) is 0 Å². The molecule has 4 rings (SSSR count). The van der Waals surface area contributed by atoms with Crippen molar-refractivity contribution in [1.29, 1.82) is 0 Å². The third-order valence-corrected chi connectivity index (χ3v) is 5.44. The first-order valence-corrected chi connectivity index (χ1v) is 11.3. The van der Waals surface area contributed by atoms with Crippen LogP contribution in [0.4, 0.5) is 4.39 Å². The largest absolute Gasteiger partial charge is 0.489 e. The van der Waals surface area contributed by atoms with Gasteiger partial charge in [-0.3, -0.25) is 9.78 Å². The van der Waals surface area contributed by atoms with E-state index in [2.05, 4.69) is 4.98 Å². The summed E-state index contributed by atoms with van der Waals surface area (Å²) in [5.41, 5.74) is 9.97. The van der Waals surface area contributed by atoms with E-state index in [-0.39, 0.29) is 25.5 Å². The number of ether oxygens (including phenoxy) is 3. The predicted octanol–water partition coefficient (Wildman–Crippen LogP) is 4.79. The van der Waals surface area contributed by atoms with Crippen LogP contribution in [0.2, 0.25) is 0 Å². The molecule has 182 valence electrons. The summed E-state index contributed by atoms with van der Waals surface area (Å²) >= 11 is 0. The molecule has 0 saturated carbocycles. The van der Waals surface area contributed by atoms with Crippen molar-refractivity contribution in [1.82, 2.24) is 4.98 Å². The number of esters is 1. The van der Waals surface area contributed by atoms with Gasteiger partial charge in [-0.05, 0) is 41.5 Å². The highest BCUT2D eigenvalue weighted by atomic mass is 19.1. The number of para-hydroxylation sites is 1. The fourth-order valence-electron chi connectivity index (χ4n) is 3.79. The summed E-state index contributed by atoms with van der Waals surface area (Å²) in [6.07, 6.45) is 2.40. The van der Waals surface area contributed by atoms with Crippen LogP contribution in [0.25, 0.3) is 22.1 Å². The molecule has 4 aromatic rings. The second-order valence-corrected chi connectivity index (χ2v) is 7.99. The standard InChI is InChI=1S/C27H27FN2O5/c1-32-9-4-10-33-26(31)15-20-5-2-3-6-24(20)34-17-18-11-21-14-25(28)35-27(21)23(12-18)19-7-8-30-22(13-19)16-29/h2-3,5-8,11-14H,4,9-10,15-17,29H2,1H3. The van der Waals surface area contributed by atoms with E-state index in [1.165, 1.54) is 6.07 Å². The Labute approximate surface area is 202 Å². The van der Waals surface area contributed by atoms with Crippen LogP contribution in [0.1, 0.15) is 23.2 Å². The van der Waals surface area contributed by atoms with Crippen molar-refractivity contribution in [2.24, 2.45) is 5.73 Å². The molecule has 0 unspecified atom stereocenters. The number of methoxy groups -OCH3 is 1. The lowest BCUT2D eigenvalue weighted by Gasteiger charge is -2.13. The maximum Gasteiger partial charge on any atom is 0.310 e. The molecule has 0 spiro atoms. The van der Waals surface area contributed by atoms with E-state index in [1.54, 1.807) is 19.4 Å². The molecular formula is C27H27FN2O5. The van der Waals surface area contributed by atoms with Gasteiger partial charge in [0.05, 0.1) is 18.7 Å². The molecule has 2 N–H and O–H groups in total. The van der Waals surface area contributed by atoms with Gasteiger partial charge in [-0.25, -0.2) is 0 Å². The Morgan fingerprint density at radius 1 is 1.11 bits per heavy atom. The SMILES string of the molecule is COCCCOC(=O)Cc1ccccc1OCc1cc(-c2ccnc(CN)c2)c2oc(F)cc2c1. The molecular weight excluding hydrogens is 451 g/mol. The van der Waals surface area contributed by atoms with E-state index in [1.807, 2.05) is 42.5 Å². The number of fused-ring (bicyclic) bond motifs is 1. The topological polar surface area (TPSA) is 96.8 Å². The molecule has 0 aliphatic heterocycles. The molecule has 0 atom stereocenters. The molecule has 2 aromatic heterocycles. The minimum atomic E-state index is -0.665. The highest BCUT2D eigenvalue weighted by Crippen LogP contribution is 2.33. The number of halogens is 1. The number of hydrogen-bond donors (Lipinski definition) is 1. The highest BCUT2D eigenvalue weighted by Gasteiger charge is 2.15. The minimum absolute atomic E-state index is 0.0965. The van der Waals surface area contributed by atoms with Gasteiger partial charge in [0.25, 0.3) is 6.01 Å². The van der Waals surface area contributed by atoms with E-state index >= 15 is 0 Å². The summed E-state index contributed by atoms with van der Waals surface area (Å²) in [5, 5.41) is 0.623. The fourth-order valence-corrected chi connectivity index (χ4v) is 3.79. The normalized spacial score (nSPS) is 11.1. The Hall–Kier alpha value is -3.75. The van der Waals surface area contributed by atoms with E-state index in [0.717, 1.165) is 22.3 Å². The van der Waals surface area contributed by atoms with Crippen LogP contribution in [-0.4, -0.2) is 31.3 Å². The molecule has 0 aliphatic rings. The number of carbonyl (C=O) groups is 1. The lowest BCUT2D eigenvalue weighted by molar-refractivity contribution is -0.143. The Morgan fingerprint density at radius 2 is 1.97 bits per heavy atom. The number of furan rings is 1. The number of nitrogens with two attached hydrogens (primary N) is 1. The van der Waals surface area contributed by atoms with Crippen molar-refractivity contribution >= 4 is 16.9 Å². The third-order valence-electron chi connectivity index (χ3n) is 5.44. The molecule has 2 aromatic carbocycles. The Bertz CT molecular complexity index is 1300. The monoisotopic (exact) mass is 478 g/mol. The molecule has 0 bridgehead atoms. The zero-order valence-corrected chi connectivity index (χ0v) is 19.5. The van der Waals surface area contributed by atoms with E-state index < -0.39 is 6.01 Å². The number of rotatable bonds is 11. The third kappa shape index (κ3) is 6.23. The van der Waals surface area contributed by atoms with Crippen LogP contribution in [0.5, 0.6) is 5.75 Å². The zero-order chi connectivity index (χ0) is 24.6. The molecule has 8 heteroatoms. The van der Waals surface area contributed by atoms with E-state index in [4.69, 9.17) is 24.4 Å². The van der Waals surface area contributed by atoms with Gasteiger partial charge in [-0.2, -0.15) is 4.39 Å². The first kappa shape index (κ1) is 24.4. The van der Waals surface area contributed by atoms with Gasteiger partial charge < -0.3 is 24.4 Å². The average molecular weight is 479 g/mol. The molecule has 0 radical (unpaired) electrons. The second-order valence-electron chi connectivity index (χ2n) is 7.99. The minimum Gasteiger partial charge on any atom is -0.489 e. The molecule has 0 amide bonds. The first-order chi connectivity index (χ1) is 17.1. The number of pyridine rings is 1. The van der Waals surface area contributed by atoms with Gasteiger partial charge >= 0.3 is 5.97 Å². The molecule has 0 aliphatic carbocycles. The Balaban J connectivity index is 1.54. The summed E-state index contributed by atoms with van der Waals surface area (Å²) in [4.78, 5) is 16.5. The van der Waals surface area contributed by atoms with Gasteiger partial charge in [-0.1, -0.05) is 18.2 Å². The van der Waals surface area contributed by atoms with Gasteiger partial charge in [0.1, 0.15) is 17.9 Å². The van der Waals surface area contributed by atoms with Crippen molar-refractivity contribution in [3.05, 3.63) is 83.6 Å².